The van der Waals surface area contributed by atoms with Gasteiger partial charge in [0.25, 0.3) is 18.2 Å². The Labute approximate surface area is 278 Å². The summed E-state index contributed by atoms with van der Waals surface area (Å²) in [5, 5.41) is 9.60. The fourth-order valence-electron chi connectivity index (χ4n) is 5.19. The number of aromatic nitrogens is 4. The van der Waals surface area contributed by atoms with Crippen LogP contribution in [0.3, 0.4) is 0 Å². The van der Waals surface area contributed by atoms with Crippen molar-refractivity contribution in [3.8, 4) is 5.88 Å². The molecule has 10 nitrogen and oxygen atoms in total. The van der Waals surface area contributed by atoms with E-state index in [4.69, 9.17) is 27.9 Å². The second-order valence-corrected chi connectivity index (χ2v) is 12.9. The van der Waals surface area contributed by atoms with Crippen molar-refractivity contribution >= 4 is 69.2 Å². The van der Waals surface area contributed by atoms with Crippen molar-refractivity contribution in [3.63, 3.8) is 0 Å². The molecule has 47 heavy (non-hydrogen) atoms. The van der Waals surface area contributed by atoms with E-state index < -0.39 is 43.0 Å². The molecule has 4 N–H and O–H groups in total. The van der Waals surface area contributed by atoms with Gasteiger partial charge in [-0.1, -0.05) is 29.3 Å². The highest BCUT2D eigenvalue weighted by Crippen LogP contribution is 2.38. The fraction of sp³-hybridized carbons (Fsp3) is 0.414. The van der Waals surface area contributed by atoms with E-state index in [0.717, 1.165) is 5.01 Å². The highest BCUT2D eigenvalue weighted by Gasteiger charge is 2.41. The summed E-state index contributed by atoms with van der Waals surface area (Å²) in [7, 11) is 0. The molecule has 0 spiro atoms. The van der Waals surface area contributed by atoms with Crippen molar-refractivity contribution in [3.05, 3.63) is 54.9 Å². The monoisotopic (exact) mass is 719 g/mol. The summed E-state index contributed by atoms with van der Waals surface area (Å²) in [5.74, 6) is -2.83. The molecule has 0 bridgehead atoms. The van der Waals surface area contributed by atoms with Gasteiger partial charge in [0, 0.05) is 12.6 Å². The summed E-state index contributed by atoms with van der Waals surface area (Å²) in [4.78, 5) is 42.0. The minimum absolute atomic E-state index is 0.00452. The molecule has 252 valence electrons. The first-order valence-corrected chi connectivity index (χ1v) is 15.9. The number of fused-ring (bicyclic) bond motifs is 1. The molecule has 1 aliphatic carbocycles. The van der Waals surface area contributed by atoms with Crippen LogP contribution >= 0.6 is 34.5 Å². The number of benzene rings is 1. The van der Waals surface area contributed by atoms with E-state index in [1.807, 2.05) is 0 Å². The SMILES string of the molecule is Cc1nc(C)c(C(=O)NCc2ccc(Cl)c(Nc3nc4nc(OCC(F)F)c(C(=O)NC5CCC(C(F)(F)F)CC5)cc4[nH]3)c2Cl)s1. The highest BCUT2D eigenvalue weighted by atomic mass is 35.5. The Morgan fingerprint density at radius 3 is 2.45 bits per heavy atom. The first kappa shape index (κ1) is 34.6. The predicted octanol–water partition coefficient (Wildman–Crippen LogP) is 7.51. The number of carbonyl (C=O) groups excluding carboxylic acids is 2. The van der Waals surface area contributed by atoms with Crippen LogP contribution in [0.25, 0.3) is 11.2 Å². The van der Waals surface area contributed by atoms with E-state index in [1.54, 1.807) is 26.0 Å². The lowest BCUT2D eigenvalue weighted by molar-refractivity contribution is -0.182. The zero-order chi connectivity index (χ0) is 34.0. The number of imidazole rings is 1. The number of aryl methyl sites for hydroxylation is 2. The number of rotatable bonds is 10. The second-order valence-electron chi connectivity index (χ2n) is 10.9. The molecular weight excluding hydrogens is 692 g/mol. The molecule has 0 atom stereocenters. The van der Waals surface area contributed by atoms with Crippen LogP contribution in [0, 0.1) is 19.8 Å². The number of thiazole rings is 1. The Morgan fingerprint density at radius 2 is 1.81 bits per heavy atom. The molecule has 2 amide bonds. The lowest BCUT2D eigenvalue weighted by Gasteiger charge is -2.30. The second kappa shape index (κ2) is 14.2. The minimum Gasteiger partial charge on any atom is -0.471 e. The molecule has 1 fully saturated rings. The average molecular weight is 721 g/mol. The quantitative estimate of drug-likeness (QED) is 0.125. The molecule has 3 heterocycles. The van der Waals surface area contributed by atoms with Crippen LogP contribution in [0.1, 0.15) is 62.0 Å². The molecule has 18 heteroatoms. The summed E-state index contributed by atoms with van der Waals surface area (Å²) in [5.41, 5.74) is 1.41. The van der Waals surface area contributed by atoms with Gasteiger partial charge in [-0.25, -0.2) is 13.8 Å². The number of H-pyrrole nitrogens is 1. The van der Waals surface area contributed by atoms with Gasteiger partial charge in [-0.3, -0.25) is 9.59 Å². The van der Waals surface area contributed by atoms with E-state index in [9.17, 15) is 31.5 Å². The van der Waals surface area contributed by atoms with Gasteiger partial charge in [-0.05, 0) is 57.2 Å². The molecule has 3 aromatic heterocycles. The summed E-state index contributed by atoms with van der Waals surface area (Å²) in [6.45, 7) is 2.57. The van der Waals surface area contributed by atoms with Gasteiger partial charge in [0.2, 0.25) is 11.8 Å². The number of aromatic amines is 1. The van der Waals surface area contributed by atoms with Gasteiger partial charge in [0.15, 0.2) is 12.3 Å². The Kier molecular flexibility index (Phi) is 10.4. The number of alkyl halides is 5. The van der Waals surface area contributed by atoms with Gasteiger partial charge in [-0.2, -0.15) is 23.1 Å². The topological polar surface area (TPSA) is 134 Å². The molecule has 0 saturated heterocycles. The van der Waals surface area contributed by atoms with Crippen LogP contribution in [0.2, 0.25) is 10.0 Å². The van der Waals surface area contributed by atoms with E-state index >= 15 is 0 Å². The number of halogens is 7. The van der Waals surface area contributed by atoms with Crippen LogP contribution < -0.4 is 20.7 Å². The number of carbonyl (C=O) groups is 2. The zero-order valence-corrected chi connectivity index (χ0v) is 27.2. The lowest BCUT2D eigenvalue weighted by atomic mass is 9.85. The summed E-state index contributed by atoms with van der Waals surface area (Å²) in [6, 6.07) is 3.97. The van der Waals surface area contributed by atoms with Gasteiger partial charge in [0.1, 0.15) is 10.4 Å². The third-order valence-electron chi connectivity index (χ3n) is 7.52. The van der Waals surface area contributed by atoms with Crippen LogP contribution in [0.4, 0.5) is 33.6 Å². The summed E-state index contributed by atoms with van der Waals surface area (Å²) < 4.78 is 70.3. The number of ether oxygens (including phenoxy) is 1. The van der Waals surface area contributed by atoms with Crippen molar-refractivity contribution in [2.45, 2.75) is 64.7 Å². The normalized spacial score (nSPS) is 16.8. The molecule has 5 rings (SSSR count). The van der Waals surface area contributed by atoms with E-state index in [-0.39, 0.29) is 76.5 Å². The zero-order valence-electron chi connectivity index (χ0n) is 24.8. The van der Waals surface area contributed by atoms with Gasteiger partial charge < -0.3 is 25.7 Å². The number of amides is 2. The number of hydrogen-bond acceptors (Lipinski definition) is 8. The van der Waals surface area contributed by atoms with Crippen LogP contribution in [-0.4, -0.2) is 57.0 Å². The third kappa shape index (κ3) is 8.22. The van der Waals surface area contributed by atoms with Crippen molar-refractivity contribution < 1.29 is 36.3 Å². The van der Waals surface area contributed by atoms with Crippen LogP contribution in [0.5, 0.6) is 5.88 Å². The van der Waals surface area contributed by atoms with Crippen LogP contribution in [-0.2, 0) is 6.54 Å². The maximum absolute atomic E-state index is 13.2. The lowest BCUT2D eigenvalue weighted by Crippen LogP contribution is -2.40. The van der Waals surface area contributed by atoms with Crippen molar-refractivity contribution in [1.29, 1.82) is 0 Å². The number of hydrogen-bond donors (Lipinski definition) is 4. The van der Waals surface area contributed by atoms with Crippen molar-refractivity contribution in [1.82, 2.24) is 30.6 Å². The molecule has 0 radical (unpaired) electrons. The molecule has 0 aliphatic heterocycles. The highest BCUT2D eigenvalue weighted by molar-refractivity contribution is 7.13. The van der Waals surface area contributed by atoms with Gasteiger partial charge in [0.05, 0.1) is 37.9 Å². The van der Waals surface area contributed by atoms with Gasteiger partial charge >= 0.3 is 6.18 Å². The Hall–Kier alpha value is -3.76. The standard InChI is InChI=1S/C29H28Cl2F5N7O3S/c1-12-23(47-13(2)38-12)26(45)37-10-14-3-8-18(30)22(21(14)31)41-28-40-19-9-17(27(42-24(19)43-28)46-11-20(32)33)25(44)39-16-6-4-15(5-7-16)29(34,35)36/h3,8-9,15-16,20H,4-7,10-11H2,1-2H3,(H,37,45)(H,39,44)(H2,40,41,42,43). The average Bonchev–Trinajstić information content (AvgIpc) is 3.57. The molecular formula is C29H28Cl2F5N7O3S. The predicted molar refractivity (Wildman–Crippen MR) is 167 cm³/mol. The van der Waals surface area contributed by atoms with E-state index in [0.29, 0.717) is 16.1 Å². The van der Waals surface area contributed by atoms with E-state index in [2.05, 4.69) is 35.9 Å². The summed E-state index contributed by atoms with van der Waals surface area (Å²) in [6.07, 6.45) is -7.24. The molecule has 0 unspecified atom stereocenters. The van der Waals surface area contributed by atoms with Gasteiger partial charge in [-0.15, -0.1) is 11.3 Å². The number of anilines is 2. The largest absolute Gasteiger partial charge is 0.471 e. The molecule has 1 saturated carbocycles. The Balaban J connectivity index is 1.35. The molecule has 1 aromatic carbocycles. The summed E-state index contributed by atoms with van der Waals surface area (Å²) >= 11 is 14.3. The maximum atomic E-state index is 13.2. The smallest absolute Gasteiger partial charge is 0.391 e. The molecule has 4 aromatic rings. The first-order chi connectivity index (χ1) is 22.2. The first-order valence-electron chi connectivity index (χ1n) is 14.3. The van der Waals surface area contributed by atoms with Crippen molar-refractivity contribution in [2.75, 3.05) is 11.9 Å². The number of nitrogens with one attached hydrogen (secondary N) is 4. The Bertz CT molecular complexity index is 1790. The molecule has 1 aliphatic rings. The maximum Gasteiger partial charge on any atom is 0.391 e. The fourth-order valence-corrected chi connectivity index (χ4v) is 6.56. The third-order valence-corrected chi connectivity index (χ3v) is 9.34. The van der Waals surface area contributed by atoms with Crippen LogP contribution in [0.15, 0.2) is 18.2 Å². The number of pyridine rings is 1. The minimum atomic E-state index is -4.31. The Morgan fingerprint density at radius 1 is 1.09 bits per heavy atom. The number of nitrogens with zero attached hydrogens (tertiary/aromatic N) is 3. The van der Waals surface area contributed by atoms with E-state index in [1.165, 1.54) is 17.4 Å². The van der Waals surface area contributed by atoms with Crippen molar-refractivity contribution in [2.24, 2.45) is 5.92 Å².